The fourth-order valence-electron chi connectivity index (χ4n) is 4.10. The second-order valence-corrected chi connectivity index (χ2v) is 8.05. The summed E-state index contributed by atoms with van der Waals surface area (Å²) in [5.41, 5.74) is 3.40. The molecule has 0 spiro atoms. The third-order valence-electron chi connectivity index (χ3n) is 5.69. The van der Waals surface area contributed by atoms with E-state index in [4.69, 9.17) is 4.74 Å². The highest BCUT2D eigenvalue weighted by Gasteiger charge is 2.62. The van der Waals surface area contributed by atoms with Crippen LogP contribution in [0.1, 0.15) is 38.8 Å². The summed E-state index contributed by atoms with van der Waals surface area (Å²) in [4.78, 5) is 27.4. The zero-order chi connectivity index (χ0) is 18.4. The molecule has 3 atom stereocenters. The maximum absolute atomic E-state index is 13.3. The predicted octanol–water partition coefficient (Wildman–Crippen LogP) is 3.35. The van der Waals surface area contributed by atoms with Gasteiger partial charge in [-0.3, -0.25) is 4.79 Å². The second kappa shape index (κ2) is 6.32. The molecule has 2 aliphatic rings. The van der Waals surface area contributed by atoms with E-state index in [1.54, 1.807) is 4.90 Å². The van der Waals surface area contributed by atoms with E-state index in [1.165, 1.54) is 12.7 Å². The molecule has 1 aliphatic carbocycles. The Hall–Kier alpha value is -2.10. The SMILES string of the molecule is COC(=O)C1Cc2ccccc2CN1C(=O)C1C(C=C(C)C)C1(C)C. The number of amides is 1. The van der Waals surface area contributed by atoms with Gasteiger partial charge in [-0.1, -0.05) is 49.8 Å². The fourth-order valence-corrected chi connectivity index (χ4v) is 4.10. The molecular formula is C21H27NO3. The van der Waals surface area contributed by atoms with Gasteiger partial charge in [0.05, 0.1) is 13.0 Å². The first-order valence-electron chi connectivity index (χ1n) is 8.87. The lowest BCUT2D eigenvalue weighted by Gasteiger charge is -2.35. The van der Waals surface area contributed by atoms with Gasteiger partial charge in [-0.15, -0.1) is 0 Å². The molecule has 0 N–H and O–H groups in total. The average Bonchev–Trinajstić information content (AvgIpc) is 3.11. The molecule has 4 nitrogen and oxygen atoms in total. The molecule has 1 fully saturated rings. The van der Waals surface area contributed by atoms with E-state index in [1.807, 2.05) is 24.3 Å². The Morgan fingerprint density at radius 1 is 1.20 bits per heavy atom. The Morgan fingerprint density at radius 2 is 1.84 bits per heavy atom. The highest BCUT2D eigenvalue weighted by Crippen LogP contribution is 2.60. The van der Waals surface area contributed by atoms with Crippen LogP contribution in [0.4, 0.5) is 0 Å². The summed E-state index contributed by atoms with van der Waals surface area (Å²) in [6.45, 7) is 8.85. The van der Waals surface area contributed by atoms with E-state index in [0.717, 1.165) is 11.1 Å². The number of hydrogen-bond acceptors (Lipinski definition) is 3. The monoisotopic (exact) mass is 341 g/mol. The van der Waals surface area contributed by atoms with Crippen LogP contribution in [0.25, 0.3) is 0 Å². The Labute approximate surface area is 149 Å². The van der Waals surface area contributed by atoms with Crippen molar-refractivity contribution in [2.45, 2.75) is 46.7 Å². The van der Waals surface area contributed by atoms with Gasteiger partial charge in [0.2, 0.25) is 5.91 Å². The minimum absolute atomic E-state index is 0.0635. The molecule has 0 saturated heterocycles. The molecule has 1 saturated carbocycles. The van der Waals surface area contributed by atoms with Gasteiger partial charge in [0, 0.05) is 13.0 Å². The highest BCUT2D eigenvalue weighted by atomic mass is 16.5. The highest BCUT2D eigenvalue weighted by molar-refractivity contribution is 5.89. The Morgan fingerprint density at radius 3 is 2.44 bits per heavy atom. The van der Waals surface area contributed by atoms with Crippen LogP contribution in [0.15, 0.2) is 35.9 Å². The molecular weight excluding hydrogens is 314 g/mol. The van der Waals surface area contributed by atoms with Gasteiger partial charge < -0.3 is 9.64 Å². The van der Waals surface area contributed by atoms with Crippen molar-refractivity contribution in [1.82, 2.24) is 4.90 Å². The lowest BCUT2D eigenvalue weighted by atomic mass is 9.93. The van der Waals surface area contributed by atoms with Gasteiger partial charge in [0.1, 0.15) is 6.04 Å². The van der Waals surface area contributed by atoms with Crippen LogP contribution in [0.5, 0.6) is 0 Å². The number of hydrogen-bond donors (Lipinski definition) is 0. The van der Waals surface area contributed by atoms with Crippen LogP contribution >= 0.6 is 0 Å². The number of ether oxygens (including phenoxy) is 1. The molecule has 0 aromatic heterocycles. The zero-order valence-electron chi connectivity index (χ0n) is 15.7. The number of carbonyl (C=O) groups excluding carboxylic acids is 2. The minimum atomic E-state index is -0.531. The van der Waals surface area contributed by atoms with E-state index in [2.05, 4.69) is 33.8 Å². The number of esters is 1. The summed E-state index contributed by atoms with van der Waals surface area (Å²) in [6.07, 6.45) is 2.71. The van der Waals surface area contributed by atoms with Crippen LogP contribution in [0.3, 0.4) is 0 Å². The summed E-state index contributed by atoms with van der Waals surface area (Å²) >= 11 is 0. The summed E-state index contributed by atoms with van der Waals surface area (Å²) in [5.74, 6) is -0.0993. The summed E-state index contributed by atoms with van der Waals surface area (Å²) < 4.78 is 4.98. The molecule has 0 bridgehead atoms. The summed E-state index contributed by atoms with van der Waals surface area (Å²) in [7, 11) is 1.39. The van der Waals surface area contributed by atoms with Gasteiger partial charge in [-0.25, -0.2) is 4.79 Å². The first kappa shape index (κ1) is 17.7. The topological polar surface area (TPSA) is 46.6 Å². The summed E-state index contributed by atoms with van der Waals surface area (Å²) in [5, 5.41) is 0. The van der Waals surface area contributed by atoms with E-state index >= 15 is 0 Å². The van der Waals surface area contributed by atoms with Crippen molar-refractivity contribution in [3.63, 3.8) is 0 Å². The maximum Gasteiger partial charge on any atom is 0.328 e. The molecule has 134 valence electrons. The van der Waals surface area contributed by atoms with Crippen LogP contribution in [0, 0.1) is 17.3 Å². The van der Waals surface area contributed by atoms with Gasteiger partial charge in [-0.2, -0.15) is 0 Å². The smallest absolute Gasteiger partial charge is 0.328 e. The molecule has 1 aliphatic heterocycles. The van der Waals surface area contributed by atoms with Crippen molar-refractivity contribution in [1.29, 1.82) is 0 Å². The van der Waals surface area contributed by atoms with Gasteiger partial charge >= 0.3 is 5.97 Å². The number of allylic oxidation sites excluding steroid dienone is 2. The molecule has 3 unspecified atom stereocenters. The lowest BCUT2D eigenvalue weighted by Crippen LogP contribution is -2.50. The molecule has 1 aromatic rings. The minimum Gasteiger partial charge on any atom is -0.467 e. The van der Waals surface area contributed by atoms with Crippen molar-refractivity contribution in [3.8, 4) is 0 Å². The normalized spacial score (nSPS) is 26.4. The Balaban J connectivity index is 1.90. The molecule has 25 heavy (non-hydrogen) atoms. The number of carbonyl (C=O) groups is 2. The van der Waals surface area contributed by atoms with Crippen LogP contribution in [-0.4, -0.2) is 29.9 Å². The standard InChI is InChI=1S/C21H27NO3/c1-13(2)10-16-18(21(16,3)4)19(23)22-12-15-9-7-6-8-14(15)11-17(22)20(24)25-5/h6-10,16-18H,11-12H2,1-5H3. The van der Waals surface area contributed by atoms with Crippen molar-refractivity contribution in [3.05, 3.63) is 47.0 Å². The van der Waals surface area contributed by atoms with Gasteiger partial charge in [0.15, 0.2) is 0 Å². The molecule has 4 heteroatoms. The Kier molecular flexibility index (Phi) is 4.48. The van der Waals surface area contributed by atoms with E-state index in [0.29, 0.717) is 13.0 Å². The van der Waals surface area contributed by atoms with Gasteiger partial charge in [0.25, 0.3) is 0 Å². The lowest BCUT2D eigenvalue weighted by molar-refractivity contribution is -0.154. The number of rotatable bonds is 3. The van der Waals surface area contributed by atoms with E-state index in [-0.39, 0.29) is 29.1 Å². The number of methoxy groups -OCH3 is 1. The zero-order valence-corrected chi connectivity index (χ0v) is 15.7. The second-order valence-electron chi connectivity index (χ2n) is 8.05. The van der Waals surface area contributed by atoms with Gasteiger partial charge in [-0.05, 0) is 36.3 Å². The van der Waals surface area contributed by atoms with Crippen LogP contribution in [-0.2, 0) is 27.3 Å². The van der Waals surface area contributed by atoms with Crippen molar-refractivity contribution >= 4 is 11.9 Å². The van der Waals surface area contributed by atoms with Crippen molar-refractivity contribution in [2.24, 2.45) is 17.3 Å². The largest absolute Gasteiger partial charge is 0.467 e. The number of fused-ring (bicyclic) bond motifs is 1. The Bertz CT molecular complexity index is 730. The van der Waals surface area contributed by atoms with Crippen molar-refractivity contribution in [2.75, 3.05) is 7.11 Å². The molecule has 0 radical (unpaired) electrons. The number of benzene rings is 1. The molecule has 3 rings (SSSR count). The molecule has 1 amide bonds. The third kappa shape index (κ3) is 3.10. The fraction of sp³-hybridized carbons (Fsp3) is 0.524. The third-order valence-corrected chi connectivity index (χ3v) is 5.69. The number of nitrogens with zero attached hydrogens (tertiary/aromatic N) is 1. The molecule has 1 heterocycles. The first-order chi connectivity index (χ1) is 11.8. The van der Waals surface area contributed by atoms with Crippen molar-refractivity contribution < 1.29 is 14.3 Å². The summed E-state index contributed by atoms with van der Waals surface area (Å²) in [6, 6.07) is 7.48. The van der Waals surface area contributed by atoms with E-state index < -0.39 is 6.04 Å². The quantitative estimate of drug-likeness (QED) is 0.626. The first-order valence-corrected chi connectivity index (χ1v) is 8.87. The van der Waals surface area contributed by atoms with Crippen LogP contribution < -0.4 is 0 Å². The molecule has 1 aromatic carbocycles. The van der Waals surface area contributed by atoms with Crippen LogP contribution in [0.2, 0.25) is 0 Å². The van der Waals surface area contributed by atoms with E-state index in [9.17, 15) is 9.59 Å². The maximum atomic E-state index is 13.3. The predicted molar refractivity (Wildman–Crippen MR) is 96.7 cm³/mol. The average molecular weight is 341 g/mol.